The summed E-state index contributed by atoms with van der Waals surface area (Å²) in [6.07, 6.45) is 0. The van der Waals surface area contributed by atoms with Crippen LogP contribution in [0.5, 0.6) is 11.5 Å². The number of benzene rings is 2. The molecule has 0 saturated carbocycles. The minimum Gasteiger partial charge on any atom is -0.496 e. The van der Waals surface area contributed by atoms with E-state index >= 15 is 0 Å². The monoisotopic (exact) mass is 305 g/mol. The molecule has 0 fully saturated rings. The summed E-state index contributed by atoms with van der Waals surface area (Å²) in [5.41, 5.74) is 1.35. The zero-order chi connectivity index (χ0) is 15.2. The van der Waals surface area contributed by atoms with Crippen LogP contribution in [0, 0.1) is 0 Å². The Hall–Kier alpha value is -2.20. The first-order chi connectivity index (χ1) is 10.1. The van der Waals surface area contributed by atoms with Crippen molar-refractivity contribution in [2.24, 2.45) is 0 Å². The van der Waals surface area contributed by atoms with Crippen molar-refractivity contribution in [2.45, 2.75) is 6.61 Å². The average Bonchev–Trinajstić information content (AvgIpc) is 2.52. The highest BCUT2D eigenvalue weighted by Crippen LogP contribution is 2.23. The fourth-order valence-corrected chi connectivity index (χ4v) is 2.08. The largest absolute Gasteiger partial charge is 0.496 e. The van der Waals surface area contributed by atoms with Crippen LogP contribution in [0.15, 0.2) is 42.5 Å². The van der Waals surface area contributed by atoms with Crippen LogP contribution in [-0.2, 0) is 6.61 Å². The second kappa shape index (κ2) is 6.99. The van der Waals surface area contributed by atoms with Gasteiger partial charge in [-0.15, -0.1) is 0 Å². The lowest BCUT2D eigenvalue weighted by Gasteiger charge is -2.12. The maximum atomic E-state index is 11.7. The number of rotatable bonds is 5. The molecule has 2 aromatic rings. The maximum Gasteiger partial charge on any atom is 0.251 e. The van der Waals surface area contributed by atoms with Gasteiger partial charge in [-0.1, -0.05) is 17.7 Å². The predicted octanol–water partition coefficient (Wildman–Crippen LogP) is 3.29. The van der Waals surface area contributed by atoms with Crippen LogP contribution in [0.1, 0.15) is 15.9 Å². The van der Waals surface area contributed by atoms with E-state index in [2.05, 4.69) is 5.32 Å². The number of nitrogens with one attached hydrogen (secondary N) is 1. The summed E-state index contributed by atoms with van der Waals surface area (Å²) in [5.74, 6) is 1.18. The van der Waals surface area contributed by atoms with Crippen molar-refractivity contribution in [3.05, 3.63) is 58.6 Å². The average molecular weight is 306 g/mol. The Morgan fingerprint density at radius 2 is 2.05 bits per heavy atom. The van der Waals surface area contributed by atoms with Gasteiger partial charge in [0.1, 0.15) is 18.1 Å². The Labute approximate surface area is 128 Å². The van der Waals surface area contributed by atoms with Crippen LogP contribution >= 0.6 is 11.6 Å². The van der Waals surface area contributed by atoms with Crippen molar-refractivity contribution in [3.8, 4) is 11.5 Å². The summed E-state index contributed by atoms with van der Waals surface area (Å²) >= 11 is 5.91. The summed E-state index contributed by atoms with van der Waals surface area (Å²) in [6, 6.07) is 12.4. The summed E-state index contributed by atoms with van der Waals surface area (Å²) in [7, 11) is 3.17. The van der Waals surface area contributed by atoms with E-state index < -0.39 is 0 Å². The molecule has 0 heterocycles. The summed E-state index contributed by atoms with van der Waals surface area (Å²) in [6.45, 7) is 0.286. The van der Waals surface area contributed by atoms with Gasteiger partial charge >= 0.3 is 0 Å². The smallest absolute Gasteiger partial charge is 0.251 e. The SMILES string of the molecule is CNC(=O)c1ccc(OC)c(COc2cccc(Cl)c2)c1. The molecular weight excluding hydrogens is 290 g/mol. The third-order valence-electron chi connectivity index (χ3n) is 2.96. The van der Waals surface area contributed by atoms with Crippen LogP contribution in [0.3, 0.4) is 0 Å². The molecule has 0 aromatic heterocycles. The van der Waals surface area contributed by atoms with Gasteiger partial charge in [-0.05, 0) is 36.4 Å². The van der Waals surface area contributed by atoms with Gasteiger partial charge < -0.3 is 14.8 Å². The number of amides is 1. The van der Waals surface area contributed by atoms with Crippen LogP contribution in [0.2, 0.25) is 5.02 Å². The third-order valence-corrected chi connectivity index (χ3v) is 3.20. The van der Waals surface area contributed by atoms with Gasteiger partial charge in [0.25, 0.3) is 5.91 Å². The molecule has 5 heteroatoms. The molecule has 2 rings (SSSR count). The van der Waals surface area contributed by atoms with E-state index in [-0.39, 0.29) is 12.5 Å². The fourth-order valence-electron chi connectivity index (χ4n) is 1.89. The van der Waals surface area contributed by atoms with Crippen molar-refractivity contribution in [1.82, 2.24) is 5.32 Å². The number of ether oxygens (including phenoxy) is 2. The topological polar surface area (TPSA) is 47.6 Å². The van der Waals surface area contributed by atoms with Crippen molar-refractivity contribution >= 4 is 17.5 Å². The number of methoxy groups -OCH3 is 1. The lowest BCUT2D eigenvalue weighted by molar-refractivity contribution is 0.0963. The zero-order valence-corrected chi connectivity index (χ0v) is 12.6. The van der Waals surface area contributed by atoms with Crippen LogP contribution in [-0.4, -0.2) is 20.1 Å². The highest BCUT2D eigenvalue weighted by Gasteiger charge is 2.10. The Balaban J connectivity index is 2.19. The van der Waals surface area contributed by atoms with Crippen molar-refractivity contribution in [1.29, 1.82) is 0 Å². The summed E-state index contributed by atoms with van der Waals surface area (Å²) < 4.78 is 11.0. The second-order valence-corrected chi connectivity index (χ2v) is 4.79. The molecule has 0 bridgehead atoms. The summed E-state index contributed by atoms with van der Waals surface area (Å²) in [4.78, 5) is 11.7. The van der Waals surface area contributed by atoms with Crippen LogP contribution in [0.25, 0.3) is 0 Å². The quantitative estimate of drug-likeness (QED) is 0.922. The minimum atomic E-state index is -0.151. The molecule has 0 aliphatic rings. The molecule has 0 aliphatic heterocycles. The van der Waals surface area contributed by atoms with Gasteiger partial charge in [-0.2, -0.15) is 0 Å². The number of halogens is 1. The molecule has 0 spiro atoms. The molecule has 21 heavy (non-hydrogen) atoms. The van der Waals surface area contributed by atoms with Gasteiger partial charge in [0.2, 0.25) is 0 Å². The molecule has 4 nitrogen and oxygen atoms in total. The number of carbonyl (C=O) groups is 1. The van der Waals surface area contributed by atoms with Gasteiger partial charge in [-0.25, -0.2) is 0 Å². The van der Waals surface area contributed by atoms with E-state index in [0.29, 0.717) is 22.1 Å². The molecule has 110 valence electrons. The Bertz CT molecular complexity index is 643. The molecular formula is C16H16ClNO3. The van der Waals surface area contributed by atoms with Gasteiger partial charge in [0.15, 0.2) is 0 Å². The molecule has 0 atom stereocenters. The van der Waals surface area contributed by atoms with E-state index in [0.717, 1.165) is 5.56 Å². The highest BCUT2D eigenvalue weighted by atomic mass is 35.5. The van der Waals surface area contributed by atoms with Crippen molar-refractivity contribution in [2.75, 3.05) is 14.2 Å². The first-order valence-corrected chi connectivity index (χ1v) is 6.79. The second-order valence-electron chi connectivity index (χ2n) is 4.35. The molecule has 0 saturated heterocycles. The number of carbonyl (C=O) groups excluding carboxylic acids is 1. The van der Waals surface area contributed by atoms with E-state index in [1.165, 1.54) is 0 Å². The fraction of sp³-hybridized carbons (Fsp3) is 0.188. The zero-order valence-electron chi connectivity index (χ0n) is 11.9. The normalized spacial score (nSPS) is 10.0. The Kier molecular flexibility index (Phi) is 5.06. The van der Waals surface area contributed by atoms with Crippen molar-refractivity contribution < 1.29 is 14.3 Å². The number of hydrogen-bond donors (Lipinski definition) is 1. The minimum absolute atomic E-state index is 0.151. The molecule has 0 unspecified atom stereocenters. The lowest BCUT2D eigenvalue weighted by Crippen LogP contribution is -2.18. The predicted molar refractivity (Wildman–Crippen MR) is 82.2 cm³/mol. The molecule has 1 N–H and O–H groups in total. The lowest BCUT2D eigenvalue weighted by atomic mass is 10.1. The number of hydrogen-bond acceptors (Lipinski definition) is 3. The molecule has 1 amide bonds. The van der Waals surface area contributed by atoms with Gasteiger partial charge in [-0.3, -0.25) is 4.79 Å². The van der Waals surface area contributed by atoms with E-state index in [9.17, 15) is 4.79 Å². The van der Waals surface area contributed by atoms with Crippen molar-refractivity contribution in [3.63, 3.8) is 0 Å². The third kappa shape index (κ3) is 3.89. The Morgan fingerprint density at radius 1 is 1.24 bits per heavy atom. The molecule has 0 aliphatic carbocycles. The standard InChI is InChI=1S/C16H16ClNO3/c1-18-16(19)11-6-7-15(20-2)12(8-11)10-21-14-5-3-4-13(17)9-14/h3-9H,10H2,1-2H3,(H,18,19). The first-order valence-electron chi connectivity index (χ1n) is 6.41. The maximum absolute atomic E-state index is 11.7. The first kappa shape index (κ1) is 15.2. The molecule has 0 radical (unpaired) electrons. The Morgan fingerprint density at radius 3 is 2.71 bits per heavy atom. The van der Waals surface area contributed by atoms with Crippen LogP contribution in [0.4, 0.5) is 0 Å². The van der Waals surface area contributed by atoms with E-state index in [4.69, 9.17) is 21.1 Å². The van der Waals surface area contributed by atoms with E-state index in [1.54, 1.807) is 44.5 Å². The highest BCUT2D eigenvalue weighted by molar-refractivity contribution is 6.30. The summed E-state index contributed by atoms with van der Waals surface area (Å²) in [5, 5.41) is 3.20. The van der Waals surface area contributed by atoms with Crippen LogP contribution < -0.4 is 14.8 Å². The van der Waals surface area contributed by atoms with E-state index in [1.807, 2.05) is 12.1 Å². The van der Waals surface area contributed by atoms with Gasteiger partial charge in [0.05, 0.1) is 7.11 Å². The molecule has 2 aromatic carbocycles. The van der Waals surface area contributed by atoms with Gasteiger partial charge in [0, 0.05) is 23.2 Å².